The number of Topliss-reactive ketones (excluding diaryl/α,β-unsaturated/α-hetero) is 2. The first-order chi connectivity index (χ1) is 30.1. The molecular formula is C50H68N6O7. The molecule has 1 saturated heterocycles. The van der Waals surface area contributed by atoms with Crippen LogP contribution in [0.2, 0.25) is 0 Å². The molecule has 1 aliphatic carbocycles. The number of likely N-dealkylation sites (N-methyl/N-ethyl adjacent to an activating group) is 1. The number of carbonyl (C=O) groups excluding carboxylic acids is 6. The van der Waals surface area contributed by atoms with Gasteiger partial charge in [-0.15, -0.1) is 0 Å². The van der Waals surface area contributed by atoms with E-state index >= 15 is 0 Å². The van der Waals surface area contributed by atoms with Crippen molar-refractivity contribution in [3.05, 3.63) is 95.6 Å². The molecule has 2 fully saturated rings. The molecule has 4 amide bonds. The first-order valence-corrected chi connectivity index (χ1v) is 22.7. The Morgan fingerprint density at radius 1 is 0.746 bits per heavy atom. The van der Waals surface area contributed by atoms with Gasteiger partial charge in [0.25, 0.3) is 5.91 Å². The predicted molar refractivity (Wildman–Crippen MR) is 244 cm³/mol. The summed E-state index contributed by atoms with van der Waals surface area (Å²) in [5.74, 6) is -2.40. The highest BCUT2D eigenvalue weighted by atomic mass is 16.3. The molecule has 3 aromatic carbocycles. The molecule has 13 heteroatoms. The van der Waals surface area contributed by atoms with Gasteiger partial charge >= 0.3 is 0 Å². The summed E-state index contributed by atoms with van der Waals surface area (Å²) < 4.78 is 0. The quantitative estimate of drug-likeness (QED) is 0.0942. The number of ketones is 2. The lowest BCUT2D eigenvalue weighted by molar-refractivity contribution is -0.143. The number of nitrogens with two attached hydrogens (primary N) is 1. The van der Waals surface area contributed by atoms with E-state index in [2.05, 4.69) is 21.3 Å². The van der Waals surface area contributed by atoms with Gasteiger partial charge in [0.1, 0.15) is 18.2 Å². The van der Waals surface area contributed by atoms with Crippen LogP contribution in [0.25, 0.3) is 11.1 Å². The Morgan fingerprint density at radius 3 is 2.03 bits per heavy atom. The number of likely N-dealkylation sites (tertiary alicyclic amines) is 1. The summed E-state index contributed by atoms with van der Waals surface area (Å²) in [7, 11) is 1.70. The standard InChI is InChI=1S/C50H68N6O7/c1-30(2)27-41(32(4)57)53-49(62)46(59)40(51)29-34-15-13-20-39(28-34)35-22-24-37(25-23-35)43(36-16-9-7-10-17-36)44(33(5)58)54-48(61)42-21-14-26-56(42)50(63)45(38-18-11-8-12-19-38)55-47(60)31(3)52-6/h7,9-10,13,15-17,20,22-25,28,30-31,38,40-46,52,59H,8,11-12,14,18-19,21,26-27,29,51H2,1-6H3,(H,53,62)(H,54,61)(H,55,60)/t31-,40+,41-,42-,43?,44+,45-,46-/m0/s1. The Kier molecular flexibility index (Phi) is 17.7. The van der Waals surface area contributed by atoms with Gasteiger partial charge < -0.3 is 37.0 Å². The number of carbonyl (C=O) groups is 6. The van der Waals surface area contributed by atoms with Gasteiger partial charge in [0.2, 0.25) is 17.7 Å². The number of amides is 4. The van der Waals surface area contributed by atoms with Crippen LogP contribution in [0.5, 0.6) is 0 Å². The van der Waals surface area contributed by atoms with Gasteiger partial charge in [0, 0.05) is 18.5 Å². The monoisotopic (exact) mass is 865 g/mol. The summed E-state index contributed by atoms with van der Waals surface area (Å²) >= 11 is 0. The van der Waals surface area contributed by atoms with Crippen molar-refractivity contribution < 1.29 is 33.9 Å². The lowest BCUT2D eigenvalue weighted by atomic mass is 9.82. The maximum atomic E-state index is 14.4. The second kappa shape index (κ2) is 22.9. The Morgan fingerprint density at radius 2 is 1.41 bits per heavy atom. The highest BCUT2D eigenvalue weighted by Crippen LogP contribution is 2.33. The van der Waals surface area contributed by atoms with Crippen LogP contribution in [0.15, 0.2) is 78.9 Å². The zero-order valence-electron chi connectivity index (χ0n) is 37.8. The van der Waals surface area contributed by atoms with E-state index in [0.717, 1.165) is 59.9 Å². The number of aliphatic hydroxyl groups excluding tert-OH is 1. The largest absolute Gasteiger partial charge is 0.382 e. The van der Waals surface area contributed by atoms with E-state index in [1.165, 1.54) is 13.8 Å². The molecule has 63 heavy (non-hydrogen) atoms. The second-order valence-electron chi connectivity index (χ2n) is 18.0. The summed E-state index contributed by atoms with van der Waals surface area (Å²) in [6.45, 7) is 8.92. The van der Waals surface area contributed by atoms with E-state index < -0.39 is 60.1 Å². The van der Waals surface area contributed by atoms with Crippen LogP contribution in [-0.2, 0) is 35.2 Å². The van der Waals surface area contributed by atoms with Gasteiger partial charge in [0.15, 0.2) is 11.6 Å². The molecule has 0 radical (unpaired) electrons. The molecule has 1 saturated carbocycles. The van der Waals surface area contributed by atoms with Crippen molar-refractivity contribution in [2.45, 2.75) is 141 Å². The molecule has 13 nitrogen and oxygen atoms in total. The minimum Gasteiger partial charge on any atom is -0.382 e. The van der Waals surface area contributed by atoms with Gasteiger partial charge in [0.05, 0.1) is 18.1 Å². The SMILES string of the molecule is CN[C@@H](C)C(=O)N[C@H](C(=O)N1CCC[C@H]1C(=O)N[C@H](C(C)=O)C(c1ccccc1)c1ccc(-c2cccc(C[C@@H](N)[C@H](O)C(=O)N[C@@H](CC(C)C)C(C)=O)c2)cc1)C1CCCCC1. The maximum absolute atomic E-state index is 14.4. The first kappa shape index (κ1) is 48.8. The van der Waals surface area contributed by atoms with Crippen molar-refractivity contribution in [2.24, 2.45) is 17.6 Å². The summed E-state index contributed by atoms with van der Waals surface area (Å²) in [5.41, 5.74) is 10.5. The fraction of sp³-hybridized carbons (Fsp3) is 0.520. The fourth-order valence-corrected chi connectivity index (χ4v) is 9.04. The van der Waals surface area contributed by atoms with Crippen LogP contribution in [0.4, 0.5) is 0 Å². The highest BCUT2D eigenvalue weighted by Gasteiger charge is 2.42. The van der Waals surface area contributed by atoms with Crippen LogP contribution < -0.4 is 27.0 Å². The Bertz CT molecular complexity index is 2040. The van der Waals surface area contributed by atoms with Crippen LogP contribution in [-0.4, -0.2) is 101 Å². The zero-order chi connectivity index (χ0) is 45.8. The van der Waals surface area contributed by atoms with Gasteiger partial charge in [-0.1, -0.05) is 112 Å². The molecule has 2 aliphatic rings. The number of nitrogens with one attached hydrogen (secondary N) is 4. The molecule has 0 aromatic heterocycles. The van der Waals surface area contributed by atoms with Crippen molar-refractivity contribution in [2.75, 3.05) is 13.6 Å². The third-order valence-electron chi connectivity index (χ3n) is 12.8. The molecule has 340 valence electrons. The fourth-order valence-electron chi connectivity index (χ4n) is 9.04. The Hall–Kier alpha value is -5.24. The average Bonchev–Trinajstić information content (AvgIpc) is 3.78. The van der Waals surface area contributed by atoms with E-state index in [4.69, 9.17) is 5.73 Å². The molecule has 3 aromatic rings. The summed E-state index contributed by atoms with van der Waals surface area (Å²) in [5, 5.41) is 22.5. The van der Waals surface area contributed by atoms with Crippen molar-refractivity contribution in [1.29, 1.82) is 0 Å². The summed E-state index contributed by atoms with van der Waals surface area (Å²) in [6, 6.07) is 20.4. The van der Waals surface area contributed by atoms with Crippen molar-refractivity contribution in [1.82, 2.24) is 26.2 Å². The Labute approximate surface area is 372 Å². The highest BCUT2D eigenvalue weighted by molar-refractivity contribution is 5.96. The molecule has 0 spiro atoms. The van der Waals surface area contributed by atoms with Crippen molar-refractivity contribution in [3.63, 3.8) is 0 Å². The number of rotatable bonds is 20. The summed E-state index contributed by atoms with van der Waals surface area (Å²) in [4.78, 5) is 82.0. The van der Waals surface area contributed by atoms with Gasteiger partial charge in [-0.25, -0.2) is 0 Å². The first-order valence-electron chi connectivity index (χ1n) is 22.7. The maximum Gasteiger partial charge on any atom is 0.251 e. The number of hydrogen-bond acceptors (Lipinski definition) is 9. The molecule has 0 bridgehead atoms. The molecular weight excluding hydrogens is 797 g/mol. The van der Waals surface area contributed by atoms with Crippen molar-refractivity contribution in [3.8, 4) is 11.1 Å². The Balaban J connectivity index is 1.34. The third kappa shape index (κ3) is 12.9. The number of nitrogens with zero attached hydrogens (tertiary/aromatic N) is 1. The van der Waals surface area contributed by atoms with Gasteiger partial charge in [-0.05, 0) is 106 Å². The van der Waals surface area contributed by atoms with E-state index in [0.29, 0.717) is 25.8 Å². The van der Waals surface area contributed by atoms with E-state index in [1.807, 2.05) is 92.7 Å². The van der Waals surface area contributed by atoms with Gasteiger partial charge in [-0.2, -0.15) is 0 Å². The molecule has 5 rings (SSSR count). The lowest BCUT2D eigenvalue weighted by Gasteiger charge is -2.35. The van der Waals surface area contributed by atoms with E-state index in [1.54, 1.807) is 18.9 Å². The number of hydrogen-bond donors (Lipinski definition) is 6. The third-order valence-corrected chi connectivity index (χ3v) is 12.8. The van der Waals surface area contributed by atoms with E-state index in [-0.39, 0.29) is 41.6 Å². The topological polar surface area (TPSA) is 200 Å². The number of aliphatic hydroxyl groups is 1. The smallest absolute Gasteiger partial charge is 0.251 e. The molecule has 7 N–H and O–H groups in total. The molecule has 1 aliphatic heterocycles. The van der Waals surface area contributed by atoms with Crippen molar-refractivity contribution >= 4 is 35.2 Å². The lowest BCUT2D eigenvalue weighted by Crippen LogP contribution is -2.59. The van der Waals surface area contributed by atoms with Gasteiger partial charge in [-0.3, -0.25) is 28.8 Å². The second-order valence-corrected chi connectivity index (χ2v) is 18.0. The van der Waals surface area contributed by atoms with E-state index in [9.17, 15) is 33.9 Å². The van der Waals surface area contributed by atoms with Crippen LogP contribution in [0, 0.1) is 11.8 Å². The molecule has 1 unspecified atom stereocenters. The minimum atomic E-state index is -1.51. The molecule has 1 heterocycles. The molecule has 8 atom stereocenters. The van der Waals surface area contributed by atoms with Crippen LogP contribution in [0.3, 0.4) is 0 Å². The zero-order valence-corrected chi connectivity index (χ0v) is 37.8. The minimum absolute atomic E-state index is 0.0211. The average molecular weight is 865 g/mol. The summed E-state index contributed by atoms with van der Waals surface area (Å²) in [6.07, 6.45) is 4.93. The normalized spacial score (nSPS) is 18.9. The van der Waals surface area contributed by atoms with Crippen LogP contribution >= 0.6 is 0 Å². The van der Waals surface area contributed by atoms with Crippen LogP contribution in [0.1, 0.15) is 109 Å². The number of benzene rings is 3. The predicted octanol–water partition coefficient (Wildman–Crippen LogP) is 4.57.